The van der Waals surface area contributed by atoms with Crippen LogP contribution >= 0.6 is 11.8 Å². The number of aryl methyl sites for hydroxylation is 1. The molecule has 1 unspecified atom stereocenters. The SMILES string of the molecule is Cc1ccc(NC(=O)C[C@H]2SC(=O)N(CC(=O)Nc3ccc(S(=O)[O-])cc3)C2=O)cc1. The van der Waals surface area contributed by atoms with Gasteiger partial charge in [0, 0.05) is 22.7 Å². The van der Waals surface area contributed by atoms with Crippen molar-refractivity contribution in [3.8, 4) is 0 Å². The second kappa shape index (κ2) is 9.86. The maximum Gasteiger partial charge on any atom is 0.289 e. The Bertz CT molecular complexity index is 1040. The molecule has 0 radical (unpaired) electrons. The highest BCUT2D eigenvalue weighted by molar-refractivity contribution is 8.15. The zero-order chi connectivity index (χ0) is 22.5. The summed E-state index contributed by atoms with van der Waals surface area (Å²) >= 11 is -1.68. The molecule has 0 aromatic heterocycles. The molecular formula is C20H18N3O6S2-. The molecule has 31 heavy (non-hydrogen) atoms. The number of imide groups is 1. The van der Waals surface area contributed by atoms with Crippen LogP contribution in [-0.4, -0.2) is 48.4 Å². The fourth-order valence-corrected chi connectivity index (χ4v) is 4.13. The monoisotopic (exact) mass is 460 g/mol. The van der Waals surface area contributed by atoms with Crippen molar-refractivity contribution in [2.75, 3.05) is 17.2 Å². The number of anilines is 2. The van der Waals surface area contributed by atoms with E-state index in [1.165, 1.54) is 24.3 Å². The summed E-state index contributed by atoms with van der Waals surface area (Å²) in [5, 5.41) is 3.66. The van der Waals surface area contributed by atoms with Gasteiger partial charge >= 0.3 is 0 Å². The molecule has 162 valence electrons. The van der Waals surface area contributed by atoms with E-state index in [1.54, 1.807) is 12.1 Å². The van der Waals surface area contributed by atoms with Gasteiger partial charge in [0.2, 0.25) is 17.7 Å². The van der Waals surface area contributed by atoms with Crippen LogP contribution in [0.5, 0.6) is 0 Å². The topological polar surface area (TPSA) is 136 Å². The Kier molecular flexibility index (Phi) is 7.21. The highest BCUT2D eigenvalue weighted by atomic mass is 32.2. The zero-order valence-corrected chi connectivity index (χ0v) is 18.0. The summed E-state index contributed by atoms with van der Waals surface area (Å²) in [5.41, 5.74) is 1.94. The van der Waals surface area contributed by atoms with E-state index in [-0.39, 0.29) is 11.3 Å². The second-order valence-corrected chi connectivity index (χ2v) is 8.82. The van der Waals surface area contributed by atoms with Crippen molar-refractivity contribution >= 4 is 57.2 Å². The Hall–Kier alpha value is -3.02. The van der Waals surface area contributed by atoms with Crippen LogP contribution in [-0.2, 0) is 25.5 Å². The van der Waals surface area contributed by atoms with Crippen molar-refractivity contribution in [3.05, 3.63) is 54.1 Å². The third kappa shape index (κ3) is 6.00. The van der Waals surface area contributed by atoms with Gasteiger partial charge in [-0.1, -0.05) is 29.5 Å². The molecule has 1 aliphatic heterocycles. The third-order valence-electron chi connectivity index (χ3n) is 4.34. The molecule has 2 aromatic rings. The van der Waals surface area contributed by atoms with E-state index in [2.05, 4.69) is 10.6 Å². The number of carbonyl (C=O) groups excluding carboxylic acids is 4. The highest BCUT2D eigenvalue weighted by Crippen LogP contribution is 2.29. The van der Waals surface area contributed by atoms with Crippen molar-refractivity contribution in [2.45, 2.75) is 23.5 Å². The second-order valence-electron chi connectivity index (χ2n) is 6.72. The van der Waals surface area contributed by atoms with Gasteiger partial charge in [0.1, 0.15) is 11.8 Å². The Morgan fingerprint density at radius 3 is 2.13 bits per heavy atom. The first-order valence-corrected chi connectivity index (χ1v) is 11.1. The number of hydrogen-bond acceptors (Lipinski definition) is 7. The average molecular weight is 461 g/mol. The molecule has 3 rings (SSSR count). The Labute approximate surface area is 184 Å². The van der Waals surface area contributed by atoms with Gasteiger partial charge in [-0.25, -0.2) is 0 Å². The normalized spacial score (nSPS) is 16.8. The smallest absolute Gasteiger partial charge is 0.289 e. The number of amides is 4. The predicted octanol–water partition coefficient (Wildman–Crippen LogP) is 2.26. The van der Waals surface area contributed by atoms with E-state index < -0.39 is 45.8 Å². The summed E-state index contributed by atoms with van der Waals surface area (Å²) in [4.78, 5) is 50.0. The maximum atomic E-state index is 12.5. The van der Waals surface area contributed by atoms with Gasteiger partial charge in [0.15, 0.2) is 0 Å². The number of thioether (sulfide) groups is 1. The van der Waals surface area contributed by atoms with Crippen LogP contribution in [0.3, 0.4) is 0 Å². The lowest BCUT2D eigenvalue weighted by Gasteiger charge is -2.14. The molecule has 1 saturated heterocycles. The highest BCUT2D eigenvalue weighted by Gasteiger charge is 2.41. The lowest BCUT2D eigenvalue weighted by atomic mass is 10.2. The third-order valence-corrected chi connectivity index (χ3v) is 6.08. The van der Waals surface area contributed by atoms with Crippen LogP contribution in [0.15, 0.2) is 53.4 Å². The Morgan fingerprint density at radius 2 is 1.55 bits per heavy atom. The van der Waals surface area contributed by atoms with Crippen molar-refractivity contribution in [2.24, 2.45) is 0 Å². The number of hydrogen-bond donors (Lipinski definition) is 2. The van der Waals surface area contributed by atoms with Gasteiger partial charge in [-0.2, -0.15) is 0 Å². The maximum absolute atomic E-state index is 12.5. The minimum absolute atomic E-state index is 0.0612. The van der Waals surface area contributed by atoms with E-state index in [0.717, 1.165) is 10.5 Å². The van der Waals surface area contributed by atoms with Gasteiger partial charge in [0.25, 0.3) is 5.24 Å². The first-order chi connectivity index (χ1) is 14.7. The summed E-state index contributed by atoms with van der Waals surface area (Å²) in [6.07, 6.45) is -0.199. The van der Waals surface area contributed by atoms with Crippen LogP contribution in [0.2, 0.25) is 0 Å². The summed E-state index contributed by atoms with van der Waals surface area (Å²) in [6.45, 7) is 1.41. The number of benzene rings is 2. The standard InChI is InChI=1S/C20H19N3O6S2/c1-12-2-4-13(5-3-12)21-17(24)10-16-19(26)23(20(27)30-16)11-18(25)22-14-6-8-15(9-7-14)31(28)29/h2-9,16H,10-11H2,1H3,(H,21,24)(H,22,25)(H,28,29)/p-1/t16-/m1/s1. The molecule has 2 aromatic carbocycles. The van der Waals surface area contributed by atoms with E-state index in [4.69, 9.17) is 0 Å². The molecule has 2 N–H and O–H groups in total. The minimum atomic E-state index is -2.38. The van der Waals surface area contributed by atoms with Crippen molar-refractivity contribution in [1.29, 1.82) is 0 Å². The molecule has 1 aliphatic rings. The van der Waals surface area contributed by atoms with Crippen LogP contribution in [0.1, 0.15) is 12.0 Å². The largest absolute Gasteiger partial charge is 0.768 e. The van der Waals surface area contributed by atoms with Gasteiger partial charge in [-0.15, -0.1) is 0 Å². The number of nitrogens with zero attached hydrogens (tertiary/aromatic N) is 1. The fourth-order valence-electron chi connectivity index (χ4n) is 2.78. The molecule has 1 fully saturated rings. The van der Waals surface area contributed by atoms with Crippen molar-refractivity contribution in [1.82, 2.24) is 4.90 Å². The number of rotatable bonds is 7. The quantitative estimate of drug-likeness (QED) is 0.605. The number of carbonyl (C=O) groups is 4. The minimum Gasteiger partial charge on any atom is -0.768 e. The zero-order valence-electron chi connectivity index (χ0n) is 16.3. The first kappa shape index (κ1) is 22.7. The molecule has 0 saturated carbocycles. The van der Waals surface area contributed by atoms with E-state index >= 15 is 0 Å². The summed E-state index contributed by atoms with van der Waals surface area (Å²) in [7, 11) is 0. The average Bonchev–Trinajstić information content (AvgIpc) is 2.97. The summed E-state index contributed by atoms with van der Waals surface area (Å²) in [5.74, 6) is -1.64. The van der Waals surface area contributed by atoms with Gasteiger partial charge in [0.05, 0.1) is 0 Å². The van der Waals surface area contributed by atoms with E-state index in [1.807, 2.05) is 19.1 Å². The van der Waals surface area contributed by atoms with Gasteiger partial charge < -0.3 is 15.2 Å². The van der Waals surface area contributed by atoms with E-state index in [9.17, 15) is 27.9 Å². The van der Waals surface area contributed by atoms with Crippen LogP contribution < -0.4 is 10.6 Å². The molecule has 4 amide bonds. The van der Waals surface area contributed by atoms with Crippen LogP contribution in [0, 0.1) is 6.92 Å². The van der Waals surface area contributed by atoms with E-state index in [0.29, 0.717) is 23.1 Å². The van der Waals surface area contributed by atoms with Crippen molar-refractivity contribution in [3.63, 3.8) is 0 Å². The fraction of sp³-hybridized carbons (Fsp3) is 0.200. The summed E-state index contributed by atoms with van der Waals surface area (Å²) in [6, 6.07) is 12.5. The van der Waals surface area contributed by atoms with Crippen LogP contribution in [0.4, 0.5) is 16.2 Å². The summed E-state index contributed by atoms with van der Waals surface area (Å²) < 4.78 is 21.7. The molecule has 0 bridgehead atoms. The molecule has 9 nitrogen and oxygen atoms in total. The van der Waals surface area contributed by atoms with Gasteiger partial charge in [-0.3, -0.25) is 28.3 Å². The molecule has 1 heterocycles. The molecule has 0 spiro atoms. The predicted molar refractivity (Wildman–Crippen MR) is 115 cm³/mol. The lowest BCUT2D eigenvalue weighted by Crippen LogP contribution is -2.38. The lowest BCUT2D eigenvalue weighted by molar-refractivity contribution is -0.131. The van der Waals surface area contributed by atoms with Gasteiger partial charge in [-0.05, 0) is 54.4 Å². The molecule has 2 atom stereocenters. The Balaban J connectivity index is 1.54. The molecule has 0 aliphatic carbocycles. The van der Waals surface area contributed by atoms with Crippen LogP contribution in [0.25, 0.3) is 0 Å². The number of nitrogens with one attached hydrogen (secondary N) is 2. The van der Waals surface area contributed by atoms with Crippen molar-refractivity contribution < 1.29 is 27.9 Å². The molecular weight excluding hydrogens is 442 g/mol. The molecule has 11 heteroatoms. The Morgan fingerprint density at radius 1 is 1.00 bits per heavy atom. The first-order valence-electron chi connectivity index (χ1n) is 9.10.